The Morgan fingerprint density at radius 2 is 1.94 bits per heavy atom. The summed E-state index contributed by atoms with van der Waals surface area (Å²) >= 11 is 0. The summed E-state index contributed by atoms with van der Waals surface area (Å²) in [6, 6.07) is 13.1. The molecule has 0 saturated heterocycles. The van der Waals surface area contributed by atoms with Crippen LogP contribution < -0.4 is 5.32 Å². The molecule has 2 heteroatoms. The first-order valence-corrected chi connectivity index (χ1v) is 5.63. The summed E-state index contributed by atoms with van der Waals surface area (Å²) in [5.74, 6) is 1.02. The van der Waals surface area contributed by atoms with Crippen LogP contribution >= 0.6 is 0 Å². The average Bonchev–Trinajstić information content (AvgIpc) is 2.45. The van der Waals surface area contributed by atoms with Crippen LogP contribution in [0, 0.1) is 0 Å². The Labute approximate surface area is 95.3 Å². The maximum absolute atomic E-state index is 4.40. The number of fused-ring (bicyclic) bond motifs is 2. The minimum atomic E-state index is 0.326. The lowest BCUT2D eigenvalue weighted by molar-refractivity contribution is 0.873. The lowest BCUT2D eigenvalue weighted by atomic mass is 9.98. The van der Waals surface area contributed by atoms with E-state index < -0.39 is 0 Å². The van der Waals surface area contributed by atoms with Crippen molar-refractivity contribution in [3.8, 4) is 0 Å². The molecule has 1 aromatic heterocycles. The molecule has 2 aromatic rings. The van der Waals surface area contributed by atoms with Gasteiger partial charge in [0.1, 0.15) is 5.82 Å². The molecule has 0 bridgehead atoms. The van der Waals surface area contributed by atoms with Crippen LogP contribution in [0.15, 0.2) is 42.6 Å². The van der Waals surface area contributed by atoms with Crippen LogP contribution in [0.5, 0.6) is 0 Å². The number of pyridine rings is 1. The molecule has 3 rings (SSSR count). The normalized spacial score (nSPS) is 17.9. The van der Waals surface area contributed by atoms with Crippen molar-refractivity contribution in [2.24, 2.45) is 0 Å². The Bertz CT molecular complexity index is 520. The molecule has 0 unspecified atom stereocenters. The van der Waals surface area contributed by atoms with Crippen molar-refractivity contribution >= 4 is 5.82 Å². The number of aromatic nitrogens is 1. The third-order valence-electron chi connectivity index (χ3n) is 3.15. The molecule has 1 atom stereocenters. The Balaban J connectivity index is 2.15. The zero-order valence-corrected chi connectivity index (χ0v) is 9.27. The van der Waals surface area contributed by atoms with Gasteiger partial charge in [-0.05, 0) is 29.7 Å². The summed E-state index contributed by atoms with van der Waals surface area (Å²) in [5, 5.41) is 3.47. The molecule has 0 radical (unpaired) electrons. The van der Waals surface area contributed by atoms with Gasteiger partial charge in [0.05, 0.1) is 6.04 Å². The second-order valence-corrected chi connectivity index (χ2v) is 4.25. The first-order valence-electron chi connectivity index (χ1n) is 5.63. The molecule has 0 saturated carbocycles. The predicted octanol–water partition coefficient (Wildman–Crippen LogP) is 3.16. The summed E-state index contributed by atoms with van der Waals surface area (Å²) in [4.78, 5) is 4.40. The Morgan fingerprint density at radius 3 is 2.88 bits per heavy atom. The van der Waals surface area contributed by atoms with Crippen molar-refractivity contribution < 1.29 is 0 Å². The van der Waals surface area contributed by atoms with Crippen molar-refractivity contribution in [2.75, 3.05) is 5.32 Å². The van der Waals surface area contributed by atoms with E-state index >= 15 is 0 Å². The van der Waals surface area contributed by atoms with Crippen LogP contribution in [0.25, 0.3) is 0 Å². The van der Waals surface area contributed by atoms with Crippen LogP contribution in [-0.4, -0.2) is 4.98 Å². The summed E-state index contributed by atoms with van der Waals surface area (Å²) in [7, 11) is 0. The fourth-order valence-corrected chi connectivity index (χ4v) is 2.32. The van der Waals surface area contributed by atoms with Gasteiger partial charge in [-0.3, -0.25) is 0 Å². The highest BCUT2D eigenvalue weighted by molar-refractivity contribution is 5.52. The van der Waals surface area contributed by atoms with Gasteiger partial charge in [0.25, 0.3) is 0 Å². The molecule has 2 heterocycles. The van der Waals surface area contributed by atoms with Crippen LogP contribution in [-0.2, 0) is 6.42 Å². The molecule has 1 aromatic carbocycles. The molecule has 0 aliphatic carbocycles. The zero-order valence-electron chi connectivity index (χ0n) is 9.27. The van der Waals surface area contributed by atoms with Crippen molar-refractivity contribution in [2.45, 2.75) is 19.4 Å². The van der Waals surface area contributed by atoms with Crippen LogP contribution in [0.1, 0.15) is 29.7 Å². The number of anilines is 1. The smallest absolute Gasteiger partial charge is 0.129 e. The molecule has 1 aliphatic rings. The summed E-state index contributed by atoms with van der Waals surface area (Å²) in [6.45, 7) is 2.18. The van der Waals surface area contributed by atoms with Crippen molar-refractivity contribution in [1.29, 1.82) is 0 Å². The van der Waals surface area contributed by atoms with E-state index in [0.717, 1.165) is 12.2 Å². The highest BCUT2D eigenvalue weighted by Gasteiger charge is 2.17. The maximum Gasteiger partial charge on any atom is 0.129 e. The van der Waals surface area contributed by atoms with Gasteiger partial charge < -0.3 is 5.32 Å². The summed E-state index contributed by atoms with van der Waals surface area (Å²) < 4.78 is 0. The Morgan fingerprint density at radius 1 is 1.12 bits per heavy atom. The second kappa shape index (κ2) is 3.63. The highest BCUT2D eigenvalue weighted by Crippen LogP contribution is 2.29. The number of hydrogen-bond acceptors (Lipinski definition) is 2. The molecule has 1 aliphatic heterocycles. The van der Waals surface area contributed by atoms with E-state index in [1.807, 2.05) is 12.3 Å². The van der Waals surface area contributed by atoms with E-state index in [1.165, 1.54) is 16.7 Å². The van der Waals surface area contributed by atoms with Crippen molar-refractivity contribution in [1.82, 2.24) is 4.98 Å². The number of nitrogens with zero attached hydrogens (tertiary/aromatic N) is 1. The van der Waals surface area contributed by atoms with Crippen LogP contribution in [0.3, 0.4) is 0 Å². The van der Waals surface area contributed by atoms with E-state index in [0.29, 0.717) is 6.04 Å². The van der Waals surface area contributed by atoms with Gasteiger partial charge in [-0.1, -0.05) is 30.3 Å². The van der Waals surface area contributed by atoms with Gasteiger partial charge in [0.15, 0.2) is 0 Å². The fraction of sp³-hybridized carbons (Fsp3) is 0.214. The lowest BCUT2D eigenvalue weighted by Gasteiger charge is -2.14. The predicted molar refractivity (Wildman–Crippen MR) is 65.5 cm³/mol. The molecule has 0 fully saturated rings. The monoisotopic (exact) mass is 210 g/mol. The molecule has 0 amide bonds. The maximum atomic E-state index is 4.40. The van der Waals surface area contributed by atoms with Gasteiger partial charge in [0, 0.05) is 12.6 Å². The van der Waals surface area contributed by atoms with Crippen molar-refractivity contribution in [3.63, 3.8) is 0 Å². The van der Waals surface area contributed by atoms with E-state index in [-0.39, 0.29) is 0 Å². The molecule has 0 spiro atoms. The third kappa shape index (κ3) is 1.47. The zero-order chi connectivity index (χ0) is 11.0. The molecule has 80 valence electrons. The Hall–Kier alpha value is -1.83. The molecule has 1 N–H and O–H groups in total. The van der Waals surface area contributed by atoms with Crippen molar-refractivity contribution in [3.05, 3.63) is 59.3 Å². The summed E-state index contributed by atoms with van der Waals surface area (Å²) in [5.41, 5.74) is 4.05. The summed E-state index contributed by atoms with van der Waals surface area (Å²) in [6.07, 6.45) is 2.81. The quantitative estimate of drug-likeness (QED) is 0.722. The average molecular weight is 210 g/mol. The van der Waals surface area contributed by atoms with E-state index in [9.17, 15) is 0 Å². The van der Waals surface area contributed by atoms with E-state index in [4.69, 9.17) is 0 Å². The number of rotatable bonds is 0. The first kappa shape index (κ1) is 9.40. The second-order valence-electron chi connectivity index (χ2n) is 4.25. The topological polar surface area (TPSA) is 24.9 Å². The molecular formula is C14H14N2. The van der Waals surface area contributed by atoms with Gasteiger partial charge in [-0.2, -0.15) is 0 Å². The number of hydrogen-bond donors (Lipinski definition) is 1. The molecule has 16 heavy (non-hydrogen) atoms. The highest BCUT2D eigenvalue weighted by atomic mass is 15.0. The molecular weight excluding hydrogens is 196 g/mol. The minimum Gasteiger partial charge on any atom is -0.363 e. The number of benzene rings is 1. The lowest BCUT2D eigenvalue weighted by Crippen LogP contribution is -2.07. The Kier molecular flexibility index (Phi) is 2.13. The van der Waals surface area contributed by atoms with Gasteiger partial charge >= 0.3 is 0 Å². The SMILES string of the molecule is C[C@H]1Nc2ncccc2Cc2ccccc21. The third-order valence-corrected chi connectivity index (χ3v) is 3.15. The molecule has 2 nitrogen and oxygen atoms in total. The van der Waals surface area contributed by atoms with Gasteiger partial charge in [0.2, 0.25) is 0 Å². The van der Waals surface area contributed by atoms with Gasteiger partial charge in [-0.15, -0.1) is 0 Å². The number of nitrogens with one attached hydrogen (secondary N) is 1. The fourth-order valence-electron chi connectivity index (χ4n) is 2.32. The largest absolute Gasteiger partial charge is 0.363 e. The standard InChI is InChI=1S/C14H14N2/c1-10-13-7-3-2-5-11(13)9-12-6-4-8-15-14(12)16-10/h2-8,10H,9H2,1H3,(H,15,16)/t10-/m1/s1. The van der Waals surface area contributed by atoms with Crippen LogP contribution in [0.4, 0.5) is 5.82 Å². The van der Waals surface area contributed by atoms with E-state index in [1.54, 1.807) is 0 Å². The minimum absolute atomic E-state index is 0.326. The van der Waals surface area contributed by atoms with E-state index in [2.05, 4.69) is 47.6 Å². The van der Waals surface area contributed by atoms with Gasteiger partial charge in [-0.25, -0.2) is 4.98 Å². The first-order chi connectivity index (χ1) is 7.84. The van der Waals surface area contributed by atoms with Crippen LogP contribution in [0.2, 0.25) is 0 Å².